The number of nitrogens with one attached hydrogen (secondary N) is 1. The Kier molecular flexibility index (Phi) is 8.95. The Labute approximate surface area is 166 Å². The molecular weight excluding hydrogens is 433 g/mol. The summed E-state index contributed by atoms with van der Waals surface area (Å²) in [4.78, 5) is 24.6. The molecule has 25 heavy (non-hydrogen) atoms. The van der Waals surface area contributed by atoms with E-state index >= 15 is 0 Å². The van der Waals surface area contributed by atoms with E-state index < -0.39 is 0 Å². The molecule has 2 heterocycles. The van der Waals surface area contributed by atoms with Crippen molar-refractivity contribution >= 4 is 41.7 Å². The normalized spacial score (nSPS) is 15.4. The topological polar surface area (TPSA) is 70.1 Å². The number of esters is 1. The molecule has 0 atom stereocenters. The number of halogens is 1. The van der Waals surface area contributed by atoms with Crippen LogP contribution < -0.4 is 10.2 Å². The van der Waals surface area contributed by atoms with E-state index in [9.17, 15) is 4.79 Å². The number of rotatable bonds is 4. The van der Waals surface area contributed by atoms with Crippen LogP contribution in [-0.4, -0.2) is 63.2 Å². The van der Waals surface area contributed by atoms with Crippen LogP contribution in [0.3, 0.4) is 0 Å². The Morgan fingerprint density at radius 3 is 2.68 bits per heavy atom. The van der Waals surface area contributed by atoms with Gasteiger partial charge in [0, 0.05) is 52.5 Å². The van der Waals surface area contributed by atoms with Crippen molar-refractivity contribution in [2.75, 3.05) is 46.2 Å². The van der Waals surface area contributed by atoms with E-state index in [2.05, 4.69) is 26.3 Å². The summed E-state index contributed by atoms with van der Waals surface area (Å²) in [7, 11) is 7.20. The van der Waals surface area contributed by atoms with Crippen LogP contribution in [0.5, 0.6) is 0 Å². The molecule has 1 aromatic heterocycles. The predicted molar refractivity (Wildman–Crippen MR) is 110 cm³/mol. The molecule has 0 saturated carbocycles. The van der Waals surface area contributed by atoms with Crippen LogP contribution in [0, 0.1) is 5.92 Å². The summed E-state index contributed by atoms with van der Waals surface area (Å²) in [5.41, 5.74) is 1.12. The maximum atomic E-state index is 11.6. The van der Waals surface area contributed by atoms with Gasteiger partial charge in [0.25, 0.3) is 0 Å². The Bertz CT molecular complexity index is 586. The molecule has 1 aromatic rings. The SMILES string of the molecule is CN=C(NCc1cccnc1N(C)C)N1CCC(C(=O)OC)CC1.I. The number of anilines is 1. The molecule has 0 radical (unpaired) electrons. The molecule has 1 fully saturated rings. The van der Waals surface area contributed by atoms with Crippen molar-refractivity contribution in [3.05, 3.63) is 23.9 Å². The highest BCUT2D eigenvalue weighted by molar-refractivity contribution is 14.0. The summed E-state index contributed by atoms with van der Waals surface area (Å²) >= 11 is 0. The molecule has 0 bridgehead atoms. The summed E-state index contributed by atoms with van der Waals surface area (Å²) in [5.74, 6) is 1.70. The first-order chi connectivity index (χ1) is 11.6. The number of aliphatic imine (C=N–C) groups is 1. The van der Waals surface area contributed by atoms with Crippen LogP contribution in [0.15, 0.2) is 23.3 Å². The smallest absolute Gasteiger partial charge is 0.308 e. The van der Waals surface area contributed by atoms with Gasteiger partial charge in [-0.3, -0.25) is 9.79 Å². The summed E-state index contributed by atoms with van der Waals surface area (Å²) in [6.07, 6.45) is 3.39. The van der Waals surface area contributed by atoms with Gasteiger partial charge < -0.3 is 19.9 Å². The Morgan fingerprint density at radius 1 is 1.44 bits per heavy atom. The number of carbonyl (C=O) groups is 1. The molecule has 0 aliphatic carbocycles. The van der Waals surface area contributed by atoms with Crippen LogP contribution in [0.1, 0.15) is 18.4 Å². The zero-order valence-corrected chi connectivity index (χ0v) is 17.7. The van der Waals surface area contributed by atoms with E-state index in [1.807, 2.05) is 25.1 Å². The van der Waals surface area contributed by atoms with Crippen molar-refractivity contribution < 1.29 is 9.53 Å². The first kappa shape index (κ1) is 21.5. The summed E-state index contributed by atoms with van der Waals surface area (Å²) in [6, 6.07) is 4.00. The molecule has 0 amide bonds. The second-order valence-corrected chi connectivity index (χ2v) is 6.07. The number of hydrogen-bond donors (Lipinski definition) is 1. The van der Waals surface area contributed by atoms with Crippen molar-refractivity contribution in [2.45, 2.75) is 19.4 Å². The third-order valence-electron chi connectivity index (χ3n) is 4.27. The monoisotopic (exact) mass is 461 g/mol. The average Bonchev–Trinajstić information content (AvgIpc) is 2.62. The number of ether oxygens (including phenoxy) is 1. The van der Waals surface area contributed by atoms with Crippen molar-refractivity contribution in [2.24, 2.45) is 10.9 Å². The van der Waals surface area contributed by atoms with Crippen LogP contribution in [-0.2, 0) is 16.1 Å². The van der Waals surface area contributed by atoms with Gasteiger partial charge in [-0.15, -0.1) is 24.0 Å². The number of piperidine rings is 1. The number of likely N-dealkylation sites (tertiary alicyclic amines) is 1. The molecule has 0 unspecified atom stereocenters. The van der Waals surface area contributed by atoms with E-state index in [0.29, 0.717) is 6.54 Å². The van der Waals surface area contributed by atoms with Gasteiger partial charge >= 0.3 is 5.97 Å². The zero-order valence-electron chi connectivity index (χ0n) is 15.4. The minimum absolute atomic E-state index is 0. The fourth-order valence-electron chi connectivity index (χ4n) is 2.97. The van der Waals surface area contributed by atoms with Crippen molar-refractivity contribution in [3.63, 3.8) is 0 Å². The molecular formula is C17H28IN5O2. The van der Waals surface area contributed by atoms with Crippen LogP contribution >= 0.6 is 24.0 Å². The third-order valence-corrected chi connectivity index (χ3v) is 4.27. The van der Waals surface area contributed by atoms with Crippen LogP contribution in [0.4, 0.5) is 5.82 Å². The second-order valence-electron chi connectivity index (χ2n) is 6.07. The van der Waals surface area contributed by atoms with E-state index in [1.54, 1.807) is 13.2 Å². The molecule has 1 aliphatic rings. The van der Waals surface area contributed by atoms with E-state index in [0.717, 1.165) is 43.3 Å². The van der Waals surface area contributed by atoms with Gasteiger partial charge in [-0.05, 0) is 18.9 Å². The number of hydrogen-bond acceptors (Lipinski definition) is 5. The van der Waals surface area contributed by atoms with E-state index in [4.69, 9.17) is 4.74 Å². The lowest BCUT2D eigenvalue weighted by molar-refractivity contribution is -0.146. The quantitative estimate of drug-likeness (QED) is 0.319. The molecule has 8 heteroatoms. The number of nitrogens with zero attached hydrogens (tertiary/aromatic N) is 4. The zero-order chi connectivity index (χ0) is 17.5. The third kappa shape index (κ3) is 5.72. The largest absolute Gasteiger partial charge is 0.469 e. The molecule has 1 N–H and O–H groups in total. The van der Waals surface area contributed by atoms with Gasteiger partial charge in [0.05, 0.1) is 13.0 Å². The Morgan fingerprint density at radius 2 is 2.12 bits per heavy atom. The maximum absolute atomic E-state index is 11.6. The highest BCUT2D eigenvalue weighted by atomic mass is 127. The number of pyridine rings is 1. The van der Waals surface area contributed by atoms with Crippen LogP contribution in [0.25, 0.3) is 0 Å². The highest BCUT2D eigenvalue weighted by Crippen LogP contribution is 2.19. The van der Waals surface area contributed by atoms with Gasteiger partial charge in [-0.1, -0.05) is 6.07 Å². The van der Waals surface area contributed by atoms with Crippen molar-refractivity contribution in [3.8, 4) is 0 Å². The lowest BCUT2D eigenvalue weighted by Crippen LogP contribution is -2.46. The second kappa shape index (κ2) is 10.4. The number of aromatic nitrogens is 1. The predicted octanol–water partition coefficient (Wildman–Crippen LogP) is 1.73. The fraction of sp³-hybridized carbons (Fsp3) is 0.588. The van der Waals surface area contributed by atoms with Crippen molar-refractivity contribution in [1.29, 1.82) is 0 Å². The molecule has 0 aromatic carbocycles. The first-order valence-electron chi connectivity index (χ1n) is 8.21. The minimum Gasteiger partial charge on any atom is -0.469 e. The average molecular weight is 461 g/mol. The molecule has 1 saturated heterocycles. The maximum Gasteiger partial charge on any atom is 0.308 e. The summed E-state index contributed by atoms with van der Waals surface area (Å²) in [5, 5.41) is 3.40. The minimum atomic E-state index is -0.108. The highest BCUT2D eigenvalue weighted by Gasteiger charge is 2.26. The molecule has 1 aliphatic heterocycles. The van der Waals surface area contributed by atoms with Gasteiger partial charge in [-0.25, -0.2) is 4.98 Å². The number of guanidine groups is 1. The van der Waals surface area contributed by atoms with E-state index in [-0.39, 0.29) is 35.9 Å². The molecule has 0 spiro atoms. The van der Waals surface area contributed by atoms with Crippen molar-refractivity contribution in [1.82, 2.24) is 15.2 Å². The Balaban J connectivity index is 0.00000312. The summed E-state index contributed by atoms with van der Waals surface area (Å²) < 4.78 is 4.84. The lowest BCUT2D eigenvalue weighted by Gasteiger charge is -2.33. The summed E-state index contributed by atoms with van der Waals surface area (Å²) in [6.45, 7) is 2.25. The van der Waals surface area contributed by atoms with Gasteiger partial charge in [-0.2, -0.15) is 0 Å². The van der Waals surface area contributed by atoms with Crippen LogP contribution in [0.2, 0.25) is 0 Å². The van der Waals surface area contributed by atoms with Gasteiger partial charge in [0.15, 0.2) is 5.96 Å². The first-order valence-corrected chi connectivity index (χ1v) is 8.21. The number of carbonyl (C=O) groups excluding carboxylic acids is 1. The van der Waals surface area contributed by atoms with Gasteiger partial charge in [0.2, 0.25) is 0 Å². The van der Waals surface area contributed by atoms with E-state index in [1.165, 1.54) is 7.11 Å². The number of methoxy groups -OCH3 is 1. The van der Waals surface area contributed by atoms with Gasteiger partial charge in [0.1, 0.15) is 5.82 Å². The fourth-order valence-corrected chi connectivity index (χ4v) is 2.97. The Hall–Kier alpha value is -1.58. The lowest BCUT2D eigenvalue weighted by atomic mass is 9.97. The molecule has 7 nitrogen and oxygen atoms in total. The molecule has 140 valence electrons. The standard InChI is InChI=1S/C17H27N5O2.HI/c1-18-17(22-10-7-13(8-11-22)16(23)24-4)20-12-14-6-5-9-19-15(14)21(2)3;/h5-6,9,13H,7-8,10-12H2,1-4H3,(H,18,20);1H. The molecule has 2 rings (SSSR count).